The molecule has 33 heavy (non-hydrogen) atoms. The van der Waals surface area contributed by atoms with Gasteiger partial charge in [-0.05, 0) is 61.3 Å². The molecule has 0 saturated carbocycles. The summed E-state index contributed by atoms with van der Waals surface area (Å²) < 4.78 is 11.4. The zero-order chi connectivity index (χ0) is 23.0. The highest BCUT2D eigenvalue weighted by Crippen LogP contribution is 2.29. The number of aryl methyl sites for hydroxylation is 2. The molecular formula is C26H35N3O4. The molecule has 0 radical (unpaired) electrons. The molecule has 0 aliphatic carbocycles. The van der Waals surface area contributed by atoms with Crippen molar-refractivity contribution in [1.29, 1.82) is 0 Å². The molecule has 4 rings (SSSR count). The largest absolute Gasteiger partial charge is 0.480 e. The summed E-state index contributed by atoms with van der Waals surface area (Å²) in [5, 5.41) is 13.4. The van der Waals surface area contributed by atoms with Gasteiger partial charge in [0.1, 0.15) is 11.9 Å². The second kappa shape index (κ2) is 11.6. The molecule has 2 aliphatic heterocycles. The van der Waals surface area contributed by atoms with Crippen molar-refractivity contribution in [2.24, 2.45) is 0 Å². The molecule has 7 heteroatoms. The van der Waals surface area contributed by atoms with Crippen molar-refractivity contribution >= 4 is 11.8 Å². The van der Waals surface area contributed by atoms with Crippen molar-refractivity contribution in [1.82, 2.24) is 9.88 Å². The number of ether oxygens (including phenoxy) is 2. The van der Waals surface area contributed by atoms with Crippen LogP contribution in [0.3, 0.4) is 0 Å². The Hall–Kier alpha value is -2.48. The first-order valence-electron chi connectivity index (χ1n) is 12.0. The number of methoxy groups -OCH3 is 1. The fourth-order valence-electron chi connectivity index (χ4n) is 4.86. The lowest BCUT2D eigenvalue weighted by Gasteiger charge is -2.26. The van der Waals surface area contributed by atoms with Gasteiger partial charge in [0.15, 0.2) is 0 Å². The molecule has 7 nitrogen and oxygen atoms in total. The van der Waals surface area contributed by atoms with Crippen LogP contribution in [0.15, 0.2) is 36.4 Å². The number of nitrogens with zero attached hydrogens (tertiary/aromatic N) is 2. The van der Waals surface area contributed by atoms with Crippen molar-refractivity contribution < 1.29 is 19.4 Å². The third kappa shape index (κ3) is 6.10. The topological polar surface area (TPSA) is 83.9 Å². The summed E-state index contributed by atoms with van der Waals surface area (Å²) >= 11 is 0. The average molecular weight is 454 g/mol. The standard InChI is InChI=1S/C26H35N3O4/c1-32-18-20-7-2-3-10-23(20)24(26(30)31)29-15-13-22(17-29)33-16-5-4-9-21-12-11-19-8-6-14-27-25(19)28-21/h2-3,7,10-12,22,24H,4-6,8-9,13-18H2,1H3,(H,27,28)(H,30,31). The number of unbranched alkanes of at least 4 members (excludes halogenated alkanes) is 1. The van der Waals surface area contributed by atoms with Gasteiger partial charge in [-0.1, -0.05) is 30.3 Å². The number of hydrogen-bond donors (Lipinski definition) is 2. The van der Waals surface area contributed by atoms with Gasteiger partial charge in [-0.25, -0.2) is 4.98 Å². The van der Waals surface area contributed by atoms with E-state index in [1.807, 2.05) is 29.2 Å². The number of aliphatic carboxylic acids is 1. The number of aromatic nitrogens is 1. The zero-order valence-electron chi connectivity index (χ0n) is 19.5. The van der Waals surface area contributed by atoms with Gasteiger partial charge in [0.2, 0.25) is 0 Å². The molecule has 2 unspecified atom stereocenters. The summed E-state index contributed by atoms with van der Waals surface area (Å²) in [6.45, 7) is 3.46. The summed E-state index contributed by atoms with van der Waals surface area (Å²) in [5.41, 5.74) is 4.18. The molecule has 2 aromatic rings. The Kier molecular flexibility index (Phi) is 8.31. The van der Waals surface area contributed by atoms with Gasteiger partial charge < -0.3 is 19.9 Å². The fourth-order valence-corrected chi connectivity index (χ4v) is 4.86. The van der Waals surface area contributed by atoms with Gasteiger partial charge in [-0.15, -0.1) is 0 Å². The molecule has 2 aliphatic rings. The summed E-state index contributed by atoms with van der Waals surface area (Å²) in [6.07, 6.45) is 6.18. The Morgan fingerprint density at radius 1 is 1.27 bits per heavy atom. The van der Waals surface area contributed by atoms with Crippen LogP contribution in [0.2, 0.25) is 0 Å². The molecule has 1 aromatic carbocycles. The van der Waals surface area contributed by atoms with E-state index < -0.39 is 12.0 Å². The maximum absolute atomic E-state index is 12.1. The number of benzene rings is 1. The van der Waals surface area contributed by atoms with Gasteiger partial charge in [-0.3, -0.25) is 9.69 Å². The maximum atomic E-state index is 12.1. The lowest BCUT2D eigenvalue weighted by Crippen LogP contribution is -2.34. The van der Waals surface area contributed by atoms with E-state index in [-0.39, 0.29) is 6.10 Å². The van der Waals surface area contributed by atoms with Crippen LogP contribution in [0.5, 0.6) is 0 Å². The molecule has 1 saturated heterocycles. The number of pyridine rings is 1. The lowest BCUT2D eigenvalue weighted by molar-refractivity contribution is -0.143. The number of fused-ring (bicyclic) bond motifs is 1. The van der Waals surface area contributed by atoms with Crippen molar-refractivity contribution in [3.8, 4) is 0 Å². The molecule has 0 amide bonds. The third-order valence-corrected chi connectivity index (χ3v) is 6.56. The number of carbonyl (C=O) groups is 1. The smallest absolute Gasteiger partial charge is 0.325 e. The minimum Gasteiger partial charge on any atom is -0.480 e. The Morgan fingerprint density at radius 3 is 3.00 bits per heavy atom. The first kappa shape index (κ1) is 23.7. The minimum atomic E-state index is -0.828. The van der Waals surface area contributed by atoms with E-state index in [2.05, 4.69) is 17.4 Å². The zero-order valence-corrected chi connectivity index (χ0v) is 19.5. The average Bonchev–Trinajstić information content (AvgIpc) is 3.28. The van der Waals surface area contributed by atoms with Crippen LogP contribution >= 0.6 is 0 Å². The molecule has 1 aromatic heterocycles. The number of nitrogens with one attached hydrogen (secondary N) is 1. The number of rotatable bonds is 11. The van der Waals surface area contributed by atoms with E-state index in [4.69, 9.17) is 14.5 Å². The molecule has 0 spiro atoms. The first-order valence-corrected chi connectivity index (χ1v) is 12.0. The summed E-state index contributed by atoms with van der Waals surface area (Å²) in [4.78, 5) is 18.9. The molecule has 1 fully saturated rings. The van der Waals surface area contributed by atoms with Crippen LogP contribution < -0.4 is 5.32 Å². The predicted molar refractivity (Wildman–Crippen MR) is 127 cm³/mol. The number of carboxylic acids is 1. The SMILES string of the molecule is COCc1ccccc1C(C(=O)O)N1CCC(OCCCCc2ccc3c(n2)NCCC3)C1. The van der Waals surface area contributed by atoms with Gasteiger partial charge in [0, 0.05) is 39.0 Å². The Bertz CT molecular complexity index is 936. The predicted octanol–water partition coefficient (Wildman–Crippen LogP) is 3.83. The van der Waals surface area contributed by atoms with E-state index in [1.165, 1.54) is 12.0 Å². The fraction of sp³-hybridized carbons (Fsp3) is 0.538. The number of likely N-dealkylation sites (tertiary alicyclic amines) is 1. The minimum absolute atomic E-state index is 0.0764. The highest BCUT2D eigenvalue weighted by Gasteiger charge is 2.35. The van der Waals surface area contributed by atoms with Crippen LogP contribution in [-0.4, -0.2) is 60.4 Å². The van der Waals surface area contributed by atoms with Gasteiger partial charge in [-0.2, -0.15) is 0 Å². The summed E-state index contributed by atoms with van der Waals surface area (Å²) in [5.74, 6) is 0.229. The van der Waals surface area contributed by atoms with Crippen molar-refractivity contribution in [3.63, 3.8) is 0 Å². The van der Waals surface area contributed by atoms with E-state index >= 15 is 0 Å². The van der Waals surface area contributed by atoms with E-state index in [9.17, 15) is 9.90 Å². The van der Waals surface area contributed by atoms with Gasteiger partial charge >= 0.3 is 5.97 Å². The van der Waals surface area contributed by atoms with Gasteiger partial charge in [0.25, 0.3) is 0 Å². The highest BCUT2D eigenvalue weighted by molar-refractivity contribution is 5.76. The lowest BCUT2D eigenvalue weighted by atomic mass is 9.99. The first-order chi connectivity index (χ1) is 16.2. The normalized spacial score (nSPS) is 19.1. The third-order valence-electron chi connectivity index (χ3n) is 6.56. The van der Waals surface area contributed by atoms with Crippen molar-refractivity contribution in [3.05, 3.63) is 58.8 Å². The highest BCUT2D eigenvalue weighted by atomic mass is 16.5. The van der Waals surface area contributed by atoms with Crippen molar-refractivity contribution in [2.45, 2.75) is 57.3 Å². The maximum Gasteiger partial charge on any atom is 0.325 e. The molecule has 178 valence electrons. The Morgan fingerprint density at radius 2 is 2.15 bits per heavy atom. The number of anilines is 1. The number of carboxylic acid groups (broad SMARTS) is 1. The molecule has 0 bridgehead atoms. The van der Waals surface area contributed by atoms with Crippen LogP contribution in [0.1, 0.15) is 54.1 Å². The second-order valence-corrected chi connectivity index (χ2v) is 8.95. The Balaban J connectivity index is 1.23. The van der Waals surface area contributed by atoms with Crippen molar-refractivity contribution in [2.75, 3.05) is 38.7 Å². The number of hydrogen-bond acceptors (Lipinski definition) is 6. The van der Waals surface area contributed by atoms with Crippen LogP contribution in [0, 0.1) is 0 Å². The molecule has 3 heterocycles. The van der Waals surface area contributed by atoms with Crippen LogP contribution in [0.25, 0.3) is 0 Å². The molecular weight excluding hydrogens is 418 g/mol. The molecule has 2 N–H and O–H groups in total. The summed E-state index contributed by atoms with van der Waals surface area (Å²) in [6, 6.07) is 11.3. The van der Waals surface area contributed by atoms with E-state index in [0.717, 1.165) is 67.8 Å². The quantitative estimate of drug-likeness (QED) is 0.500. The van der Waals surface area contributed by atoms with Crippen LogP contribution in [-0.2, 0) is 33.7 Å². The van der Waals surface area contributed by atoms with Crippen LogP contribution in [0.4, 0.5) is 5.82 Å². The second-order valence-electron chi connectivity index (χ2n) is 8.95. The monoisotopic (exact) mass is 453 g/mol. The molecule has 2 atom stereocenters. The van der Waals surface area contributed by atoms with E-state index in [1.54, 1.807) is 7.11 Å². The Labute approximate surface area is 196 Å². The van der Waals surface area contributed by atoms with Gasteiger partial charge in [0.05, 0.1) is 12.7 Å². The summed E-state index contributed by atoms with van der Waals surface area (Å²) in [7, 11) is 1.63. The van der Waals surface area contributed by atoms with E-state index in [0.29, 0.717) is 19.8 Å².